The molecule has 106 valence electrons. The summed E-state index contributed by atoms with van der Waals surface area (Å²) in [6.45, 7) is 3.17. The molecule has 1 amide bonds. The van der Waals surface area contributed by atoms with E-state index < -0.39 is 0 Å². The van der Waals surface area contributed by atoms with Gasteiger partial charge in [-0.15, -0.1) is 0 Å². The second kappa shape index (κ2) is 6.60. The maximum Gasteiger partial charge on any atom is 0.286 e. The van der Waals surface area contributed by atoms with Crippen LogP contribution >= 0.6 is 0 Å². The quantitative estimate of drug-likeness (QED) is 0.698. The van der Waals surface area contributed by atoms with Crippen LogP contribution in [0.25, 0.3) is 0 Å². The van der Waals surface area contributed by atoms with Gasteiger partial charge in [0, 0.05) is 19.3 Å². The number of hydrogen-bond acceptors (Lipinski definition) is 5. The van der Waals surface area contributed by atoms with Crippen molar-refractivity contribution < 1.29 is 9.21 Å². The van der Waals surface area contributed by atoms with Gasteiger partial charge in [-0.25, -0.2) is 4.98 Å². The Morgan fingerprint density at radius 1 is 1.40 bits per heavy atom. The van der Waals surface area contributed by atoms with Crippen LogP contribution in [-0.2, 0) is 0 Å². The predicted molar refractivity (Wildman–Crippen MR) is 77.5 cm³/mol. The van der Waals surface area contributed by atoms with E-state index in [1.54, 1.807) is 18.3 Å². The molecule has 0 fully saturated rings. The number of nitrogens with two attached hydrogens (primary N) is 1. The Morgan fingerprint density at radius 3 is 3.00 bits per heavy atom. The zero-order valence-corrected chi connectivity index (χ0v) is 11.3. The van der Waals surface area contributed by atoms with Crippen molar-refractivity contribution in [2.75, 3.05) is 24.1 Å². The molecule has 4 N–H and O–H groups in total. The van der Waals surface area contributed by atoms with Crippen molar-refractivity contribution in [2.45, 2.75) is 13.3 Å². The highest BCUT2D eigenvalue weighted by Crippen LogP contribution is 2.18. The van der Waals surface area contributed by atoms with Gasteiger partial charge in [-0.05, 0) is 37.1 Å². The van der Waals surface area contributed by atoms with Crippen LogP contribution in [0.5, 0.6) is 0 Å². The zero-order valence-electron chi connectivity index (χ0n) is 11.3. The molecule has 0 aromatic carbocycles. The number of hydrogen-bond donors (Lipinski definition) is 3. The summed E-state index contributed by atoms with van der Waals surface area (Å²) in [4.78, 5) is 15.8. The molecular weight excluding hydrogens is 256 g/mol. The number of carbonyl (C=O) groups excluding carboxylic acids is 1. The molecule has 2 aromatic rings. The summed E-state index contributed by atoms with van der Waals surface area (Å²) in [5.74, 6) is 0.799. The van der Waals surface area contributed by atoms with E-state index in [1.165, 1.54) is 6.26 Å². The largest absolute Gasteiger partial charge is 0.459 e. The third kappa shape index (κ3) is 3.50. The molecule has 6 heteroatoms. The van der Waals surface area contributed by atoms with Gasteiger partial charge < -0.3 is 20.8 Å². The van der Waals surface area contributed by atoms with Crippen molar-refractivity contribution in [3.8, 4) is 0 Å². The lowest BCUT2D eigenvalue weighted by Crippen LogP contribution is -2.25. The molecule has 0 bridgehead atoms. The smallest absolute Gasteiger partial charge is 0.286 e. The second-order valence-corrected chi connectivity index (χ2v) is 4.40. The van der Waals surface area contributed by atoms with E-state index in [-0.39, 0.29) is 5.91 Å². The van der Waals surface area contributed by atoms with E-state index in [0.717, 1.165) is 12.0 Å². The van der Waals surface area contributed by atoms with Crippen molar-refractivity contribution in [3.63, 3.8) is 0 Å². The number of rotatable bonds is 6. The molecule has 0 radical (unpaired) electrons. The van der Waals surface area contributed by atoms with Crippen LogP contribution in [0.4, 0.5) is 11.5 Å². The fourth-order valence-electron chi connectivity index (χ4n) is 1.70. The normalized spacial score (nSPS) is 10.2. The molecule has 6 nitrogen and oxygen atoms in total. The lowest BCUT2D eigenvalue weighted by Gasteiger charge is -2.09. The van der Waals surface area contributed by atoms with Crippen LogP contribution in [0, 0.1) is 6.92 Å². The van der Waals surface area contributed by atoms with E-state index in [4.69, 9.17) is 10.2 Å². The summed E-state index contributed by atoms with van der Waals surface area (Å²) in [6, 6.07) is 5.18. The van der Waals surface area contributed by atoms with Crippen LogP contribution in [0.1, 0.15) is 22.5 Å². The average molecular weight is 274 g/mol. The van der Waals surface area contributed by atoms with Crippen molar-refractivity contribution in [1.29, 1.82) is 0 Å². The molecule has 0 atom stereocenters. The number of pyridine rings is 1. The Hall–Kier alpha value is -2.50. The van der Waals surface area contributed by atoms with Crippen molar-refractivity contribution in [1.82, 2.24) is 10.3 Å². The third-order valence-corrected chi connectivity index (χ3v) is 2.88. The molecular formula is C14H18N4O2. The number of nitrogens with zero attached hydrogens (tertiary/aromatic N) is 1. The van der Waals surface area contributed by atoms with Gasteiger partial charge in [0.15, 0.2) is 5.76 Å². The highest BCUT2D eigenvalue weighted by atomic mass is 16.3. The Bertz CT molecular complexity index is 567. The minimum absolute atomic E-state index is 0.205. The van der Waals surface area contributed by atoms with Crippen LogP contribution in [0.3, 0.4) is 0 Å². The van der Waals surface area contributed by atoms with E-state index in [1.807, 2.05) is 13.0 Å². The van der Waals surface area contributed by atoms with Crippen LogP contribution in [0.2, 0.25) is 0 Å². The van der Waals surface area contributed by atoms with Crippen molar-refractivity contribution in [3.05, 3.63) is 42.0 Å². The van der Waals surface area contributed by atoms with Gasteiger partial charge >= 0.3 is 0 Å². The highest BCUT2D eigenvalue weighted by Gasteiger charge is 2.07. The molecule has 0 saturated heterocycles. The number of nitrogens with one attached hydrogen (secondary N) is 2. The van der Waals surface area contributed by atoms with Gasteiger partial charge in [0.05, 0.1) is 12.0 Å². The summed E-state index contributed by atoms with van der Waals surface area (Å²) in [5.41, 5.74) is 7.56. The lowest BCUT2D eigenvalue weighted by atomic mass is 10.2. The van der Waals surface area contributed by atoms with Crippen molar-refractivity contribution in [2.24, 2.45) is 0 Å². The van der Waals surface area contributed by atoms with E-state index in [9.17, 15) is 4.79 Å². The van der Waals surface area contributed by atoms with Gasteiger partial charge in [0.2, 0.25) is 0 Å². The lowest BCUT2D eigenvalue weighted by molar-refractivity contribution is 0.0926. The SMILES string of the molecule is Cc1ccnc(NCCCNC(=O)c2ccco2)c1N. The Labute approximate surface area is 117 Å². The number of nitrogen functional groups attached to an aromatic ring is 1. The Kier molecular flexibility index (Phi) is 4.60. The van der Waals surface area contributed by atoms with Gasteiger partial charge in [-0.1, -0.05) is 0 Å². The van der Waals surface area contributed by atoms with Crippen LogP contribution in [0.15, 0.2) is 35.1 Å². The topological polar surface area (TPSA) is 93.2 Å². The van der Waals surface area contributed by atoms with E-state index in [0.29, 0.717) is 30.4 Å². The molecule has 20 heavy (non-hydrogen) atoms. The fourth-order valence-corrected chi connectivity index (χ4v) is 1.70. The summed E-state index contributed by atoms with van der Waals surface area (Å²) >= 11 is 0. The first-order chi connectivity index (χ1) is 9.68. The second-order valence-electron chi connectivity index (χ2n) is 4.40. The van der Waals surface area contributed by atoms with Gasteiger partial charge in [-0.2, -0.15) is 0 Å². The molecule has 0 aliphatic carbocycles. The minimum atomic E-state index is -0.205. The minimum Gasteiger partial charge on any atom is -0.459 e. The molecule has 0 saturated carbocycles. The number of anilines is 2. The monoisotopic (exact) mass is 274 g/mol. The number of aromatic nitrogens is 1. The van der Waals surface area contributed by atoms with Crippen LogP contribution in [-0.4, -0.2) is 24.0 Å². The highest BCUT2D eigenvalue weighted by molar-refractivity contribution is 5.91. The first-order valence-corrected chi connectivity index (χ1v) is 6.45. The van der Waals surface area contributed by atoms with Gasteiger partial charge in [0.25, 0.3) is 5.91 Å². The molecule has 0 spiro atoms. The number of carbonyl (C=O) groups is 1. The average Bonchev–Trinajstić information content (AvgIpc) is 2.97. The number of amides is 1. The molecule has 0 aliphatic rings. The maximum atomic E-state index is 11.6. The number of aryl methyl sites for hydroxylation is 1. The van der Waals surface area contributed by atoms with Crippen LogP contribution < -0.4 is 16.4 Å². The molecule has 0 unspecified atom stereocenters. The maximum absolute atomic E-state index is 11.6. The van der Waals surface area contributed by atoms with Crippen molar-refractivity contribution >= 4 is 17.4 Å². The standard InChI is InChI=1S/C14H18N4O2/c1-10-5-8-17-13(12(10)15)16-6-3-7-18-14(19)11-4-2-9-20-11/h2,4-5,8-9H,3,6-7,15H2,1H3,(H,16,17)(H,18,19). The summed E-state index contributed by atoms with van der Waals surface area (Å²) in [7, 11) is 0. The summed E-state index contributed by atoms with van der Waals surface area (Å²) in [5, 5.41) is 5.92. The Balaban J connectivity index is 1.69. The third-order valence-electron chi connectivity index (χ3n) is 2.88. The first-order valence-electron chi connectivity index (χ1n) is 6.45. The first kappa shape index (κ1) is 13.9. The zero-order chi connectivity index (χ0) is 14.4. The molecule has 0 aliphatic heterocycles. The van der Waals surface area contributed by atoms with Gasteiger partial charge in [-0.3, -0.25) is 4.79 Å². The number of furan rings is 1. The fraction of sp³-hybridized carbons (Fsp3) is 0.286. The summed E-state index contributed by atoms with van der Waals surface area (Å²) in [6.07, 6.45) is 3.96. The van der Waals surface area contributed by atoms with Gasteiger partial charge in [0.1, 0.15) is 5.82 Å². The molecule has 2 aromatic heterocycles. The Morgan fingerprint density at radius 2 is 2.25 bits per heavy atom. The predicted octanol–water partition coefficient (Wildman–Crippen LogP) is 1.80. The van der Waals surface area contributed by atoms with E-state index >= 15 is 0 Å². The molecule has 2 heterocycles. The molecule has 2 rings (SSSR count). The summed E-state index contributed by atoms with van der Waals surface area (Å²) < 4.78 is 5.00. The van der Waals surface area contributed by atoms with E-state index in [2.05, 4.69) is 15.6 Å².